The van der Waals surface area contributed by atoms with Gasteiger partial charge in [0.05, 0.1) is 22.8 Å². The van der Waals surface area contributed by atoms with Gasteiger partial charge in [0.15, 0.2) is 0 Å². The summed E-state index contributed by atoms with van der Waals surface area (Å²) < 4.78 is 10.6. The Morgan fingerprint density at radius 3 is 2.55 bits per heavy atom. The summed E-state index contributed by atoms with van der Waals surface area (Å²) in [6.45, 7) is 3.81. The summed E-state index contributed by atoms with van der Waals surface area (Å²) in [4.78, 5) is 31.1. The molecule has 0 aliphatic heterocycles. The molecule has 0 spiro atoms. The minimum absolute atomic E-state index is 0.108. The Labute approximate surface area is 166 Å². The molecule has 0 amide bonds. The number of carbonyl (C=O) groups excluding carboxylic acids is 1. The lowest BCUT2D eigenvalue weighted by Gasteiger charge is -2.12. The van der Waals surface area contributed by atoms with Gasteiger partial charge < -0.3 is 14.8 Å². The number of nitrogens with one attached hydrogen (secondary N) is 1. The second-order valence-corrected chi connectivity index (χ2v) is 5.94. The van der Waals surface area contributed by atoms with Gasteiger partial charge in [-0.2, -0.15) is 4.98 Å². The van der Waals surface area contributed by atoms with Crippen molar-refractivity contribution in [2.24, 2.45) is 0 Å². The number of nitro groups is 1. The second-order valence-electron chi connectivity index (χ2n) is 5.94. The molecule has 9 nitrogen and oxygen atoms in total. The maximum absolute atomic E-state index is 12.2. The van der Waals surface area contributed by atoms with E-state index in [0.29, 0.717) is 11.4 Å². The van der Waals surface area contributed by atoms with E-state index in [2.05, 4.69) is 15.3 Å². The zero-order chi connectivity index (χ0) is 20.8. The Balaban J connectivity index is 1.98. The summed E-state index contributed by atoms with van der Waals surface area (Å²) in [5.41, 5.74) is 1.11. The highest BCUT2D eigenvalue weighted by atomic mass is 16.6. The van der Waals surface area contributed by atoms with Gasteiger partial charge in [-0.3, -0.25) is 10.1 Å². The molecule has 0 unspecified atom stereocenters. The average Bonchev–Trinajstić information content (AvgIpc) is 2.70. The molecule has 1 aromatic heterocycles. The van der Waals surface area contributed by atoms with Crippen LogP contribution in [-0.2, 0) is 4.74 Å². The summed E-state index contributed by atoms with van der Waals surface area (Å²) in [5, 5.41) is 14.5. The van der Waals surface area contributed by atoms with Crippen molar-refractivity contribution in [1.29, 1.82) is 0 Å². The Morgan fingerprint density at radius 2 is 1.86 bits per heavy atom. The summed E-state index contributed by atoms with van der Waals surface area (Å²) >= 11 is 0. The third-order valence-electron chi connectivity index (χ3n) is 3.88. The molecule has 0 radical (unpaired) electrons. The van der Waals surface area contributed by atoms with Crippen LogP contribution in [0.4, 0.5) is 17.2 Å². The van der Waals surface area contributed by atoms with E-state index in [9.17, 15) is 14.9 Å². The number of ether oxygens (including phenoxy) is 2. The number of aryl methyl sites for hydroxylation is 1. The Hall–Kier alpha value is -4.01. The lowest BCUT2D eigenvalue weighted by molar-refractivity contribution is -0.385. The smallest absolute Gasteiger partial charge is 0.373 e. The van der Waals surface area contributed by atoms with E-state index in [-0.39, 0.29) is 23.9 Å². The van der Waals surface area contributed by atoms with Crippen molar-refractivity contribution in [3.8, 4) is 11.6 Å². The molecule has 148 valence electrons. The summed E-state index contributed by atoms with van der Waals surface area (Å²) in [6.07, 6.45) is 1.14. The Kier molecular flexibility index (Phi) is 5.98. The molecule has 1 heterocycles. The van der Waals surface area contributed by atoms with Crippen LogP contribution in [0.2, 0.25) is 0 Å². The molecule has 0 aliphatic rings. The Morgan fingerprint density at radius 1 is 1.14 bits per heavy atom. The molecule has 0 fully saturated rings. The number of nitrogens with zero attached hydrogens (tertiary/aromatic N) is 3. The number of benzene rings is 2. The summed E-state index contributed by atoms with van der Waals surface area (Å²) in [6, 6.07) is 13.5. The van der Waals surface area contributed by atoms with Crippen molar-refractivity contribution < 1.29 is 19.2 Å². The molecule has 9 heteroatoms. The molecule has 0 aliphatic carbocycles. The fourth-order valence-corrected chi connectivity index (χ4v) is 2.52. The maximum Gasteiger partial charge on any atom is 0.373 e. The van der Waals surface area contributed by atoms with Crippen LogP contribution in [0.15, 0.2) is 54.9 Å². The zero-order valence-corrected chi connectivity index (χ0v) is 15.8. The molecule has 3 aromatic rings. The number of rotatable bonds is 7. The first kappa shape index (κ1) is 19.7. The highest BCUT2D eigenvalue weighted by Crippen LogP contribution is 2.36. The van der Waals surface area contributed by atoms with E-state index < -0.39 is 16.6 Å². The van der Waals surface area contributed by atoms with Crippen LogP contribution in [-0.4, -0.2) is 27.5 Å². The highest BCUT2D eigenvalue weighted by Gasteiger charge is 2.26. The number of carbonyl (C=O) groups is 1. The first-order valence-electron chi connectivity index (χ1n) is 8.76. The van der Waals surface area contributed by atoms with Gasteiger partial charge in [0, 0.05) is 0 Å². The fraction of sp³-hybridized carbons (Fsp3) is 0.150. The van der Waals surface area contributed by atoms with Gasteiger partial charge in [0.1, 0.15) is 12.1 Å². The molecule has 0 bridgehead atoms. The van der Waals surface area contributed by atoms with Crippen molar-refractivity contribution >= 4 is 23.2 Å². The fourth-order valence-electron chi connectivity index (χ4n) is 2.52. The standard InChI is InChI=1S/C20H18N4O5/c1-3-28-20(25)15-6-4-5-7-16(15)23-18-17(24(26)27)19(22-12-21-18)29-14-10-8-13(2)9-11-14/h4-12H,3H2,1-2H3,(H,21,22,23). The average molecular weight is 394 g/mol. The number of anilines is 2. The third kappa shape index (κ3) is 4.64. The SMILES string of the molecule is CCOC(=O)c1ccccc1Nc1ncnc(Oc2ccc(C)cc2)c1[N+](=O)[O-]. The topological polar surface area (TPSA) is 116 Å². The van der Waals surface area contributed by atoms with Crippen molar-refractivity contribution in [2.45, 2.75) is 13.8 Å². The first-order valence-corrected chi connectivity index (χ1v) is 8.76. The maximum atomic E-state index is 12.2. The predicted molar refractivity (Wildman–Crippen MR) is 106 cm³/mol. The van der Waals surface area contributed by atoms with E-state index in [1.807, 2.05) is 19.1 Å². The lowest BCUT2D eigenvalue weighted by atomic mass is 10.2. The van der Waals surface area contributed by atoms with Crippen molar-refractivity contribution in [2.75, 3.05) is 11.9 Å². The van der Waals surface area contributed by atoms with Crippen LogP contribution in [0.3, 0.4) is 0 Å². The molecule has 0 saturated heterocycles. The molecule has 0 saturated carbocycles. The first-order chi connectivity index (χ1) is 14.0. The van der Waals surface area contributed by atoms with Gasteiger partial charge in [-0.1, -0.05) is 29.8 Å². The van der Waals surface area contributed by atoms with E-state index in [1.165, 1.54) is 0 Å². The van der Waals surface area contributed by atoms with Crippen LogP contribution in [0, 0.1) is 17.0 Å². The summed E-state index contributed by atoms with van der Waals surface area (Å²) in [7, 11) is 0. The van der Waals surface area contributed by atoms with E-state index in [1.54, 1.807) is 43.3 Å². The van der Waals surface area contributed by atoms with Crippen LogP contribution >= 0.6 is 0 Å². The number of esters is 1. The van der Waals surface area contributed by atoms with Gasteiger partial charge in [-0.05, 0) is 38.1 Å². The molecule has 3 rings (SSSR count). The van der Waals surface area contributed by atoms with E-state index >= 15 is 0 Å². The summed E-state index contributed by atoms with van der Waals surface area (Å²) in [5.74, 6) is -0.479. The van der Waals surface area contributed by atoms with E-state index in [0.717, 1.165) is 11.9 Å². The zero-order valence-electron chi connectivity index (χ0n) is 15.8. The number of para-hydroxylation sites is 1. The molecule has 29 heavy (non-hydrogen) atoms. The molecular weight excluding hydrogens is 376 g/mol. The predicted octanol–water partition coefficient (Wildman–Crippen LogP) is 4.41. The minimum Gasteiger partial charge on any atom is -0.462 e. The normalized spacial score (nSPS) is 10.3. The third-order valence-corrected chi connectivity index (χ3v) is 3.88. The van der Waals surface area contributed by atoms with Gasteiger partial charge in [-0.15, -0.1) is 0 Å². The molecular formula is C20H18N4O5. The molecule has 0 atom stereocenters. The molecule has 1 N–H and O–H groups in total. The Bertz CT molecular complexity index is 1040. The highest BCUT2D eigenvalue weighted by molar-refractivity contribution is 5.96. The second kappa shape index (κ2) is 8.79. The van der Waals surface area contributed by atoms with Crippen LogP contribution in [0.1, 0.15) is 22.8 Å². The van der Waals surface area contributed by atoms with Crippen LogP contribution in [0.25, 0.3) is 0 Å². The van der Waals surface area contributed by atoms with Crippen molar-refractivity contribution in [1.82, 2.24) is 9.97 Å². The number of hydrogen-bond acceptors (Lipinski definition) is 8. The quantitative estimate of drug-likeness (QED) is 0.356. The van der Waals surface area contributed by atoms with Crippen molar-refractivity contribution in [3.05, 3.63) is 76.1 Å². The van der Waals surface area contributed by atoms with Gasteiger partial charge in [-0.25, -0.2) is 9.78 Å². The lowest BCUT2D eigenvalue weighted by Crippen LogP contribution is -2.09. The number of aromatic nitrogens is 2. The van der Waals surface area contributed by atoms with Gasteiger partial charge >= 0.3 is 17.5 Å². The van der Waals surface area contributed by atoms with Gasteiger partial charge in [0.2, 0.25) is 5.82 Å². The van der Waals surface area contributed by atoms with Crippen molar-refractivity contribution in [3.63, 3.8) is 0 Å². The van der Waals surface area contributed by atoms with E-state index in [4.69, 9.17) is 9.47 Å². The molecule has 2 aromatic carbocycles. The van der Waals surface area contributed by atoms with Crippen LogP contribution in [0.5, 0.6) is 11.6 Å². The minimum atomic E-state index is -0.640. The van der Waals surface area contributed by atoms with Gasteiger partial charge in [0.25, 0.3) is 0 Å². The monoisotopic (exact) mass is 394 g/mol. The van der Waals surface area contributed by atoms with Crippen LogP contribution < -0.4 is 10.1 Å². The number of hydrogen-bond donors (Lipinski definition) is 1. The largest absolute Gasteiger partial charge is 0.462 e.